The van der Waals surface area contributed by atoms with Crippen LogP contribution in [0.4, 0.5) is 8.78 Å². The van der Waals surface area contributed by atoms with E-state index in [2.05, 4.69) is 4.74 Å². The molecular weight excluding hydrogens is 306 g/mol. The molecule has 1 atom stereocenters. The Labute approximate surface area is 135 Å². The van der Waals surface area contributed by atoms with E-state index in [1.807, 2.05) is 13.8 Å². The van der Waals surface area contributed by atoms with E-state index in [1.165, 1.54) is 24.1 Å². The molecule has 0 saturated heterocycles. The fraction of sp³-hybridized carbons (Fsp3) is 0.562. The Bertz CT molecular complexity index is 524. The summed E-state index contributed by atoms with van der Waals surface area (Å²) in [5.74, 6) is 0.270. The van der Waals surface area contributed by atoms with E-state index in [-0.39, 0.29) is 24.0 Å². The average Bonchev–Trinajstić information content (AvgIpc) is 2.45. The first-order chi connectivity index (χ1) is 10.7. The minimum atomic E-state index is -2.95. The minimum Gasteiger partial charge on any atom is -0.493 e. The van der Waals surface area contributed by atoms with Crippen molar-refractivity contribution in [2.24, 2.45) is 11.7 Å². The Morgan fingerprint density at radius 2 is 1.96 bits per heavy atom. The van der Waals surface area contributed by atoms with Crippen molar-refractivity contribution in [1.82, 2.24) is 4.90 Å². The number of nitrogens with zero attached hydrogens (tertiary/aromatic N) is 1. The number of alkyl halides is 2. The van der Waals surface area contributed by atoms with Crippen LogP contribution in [0.3, 0.4) is 0 Å². The molecule has 0 unspecified atom stereocenters. The third kappa shape index (κ3) is 6.02. The monoisotopic (exact) mass is 330 g/mol. The van der Waals surface area contributed by atoms with E-state index in [0.717, 1.165) is 0 Å². The molecule has 0 heterocycles. The second-order valence-electron chi connectivity index (χ2n) is 5.79. The van der Waals surface area contributed by atoms with E-state index >= 15 is 0 Å². The number of hydrogen-bond acceptors (Lipinski definition) is 4. The molecule has 2 N–H and O–H groups in total. The lowest BCUT2D eigenvalue weighted by atomic mass is 10.0. The van der Waals surface area contributed by atoms with Gasteiger partial charge >= 0.3 is 6.61 Å². The van der Waals surface area contributed by atoms with Crippen molar-refractivity contribution in [3.8, 4) is 11.5 Å². The second-order valence-corrected chi connectivity index (χ2v) is 5.79. The number of rotatable bonds is 8. The van der Waals surface area contributed by atoms with Crippen LogP contribution in [0.2, 0.25) is 0 Å². The zero-order valence-corrected chi connectivity index (χ0v) is 13.9. The highest BCUT2D eigenvalue weighted by molar-refractivity contribution is 5.81. The Morgan fingerprint density at radius 3 is 2.48 bits per heavy atom. The highest BCUT2D eigenvalue weighted by Gasteiger charge is 2.20. The van der Waals surface area contributed by atoms with Crippen molar-refractivity contribution >= 4 is 5.91 Å². The van der Waals surface area contributed by atoms with Crippen molar-refractivity contribution in [2.75, 3.05) is 14.2 Å². The van der Waals surface area contributed by atoms with Crippen molar-refractivity contribution in [1.29, 1.82) is 0 Å². The molecule has 0 fully saturated rings. The molecule has 0 spiro atoms. The molecule has 0 aliphatic carbocycles. The second kappa shape index (κ2) is 8.67. The van der Waals surface area contributed by atoms with E-state index < -0.39 is 12.7 Å². The Kier molecular flexibility index (Phi) is 7.22. The van der Waals surface area contributed by atoms with Crippen LogP contribution in [0.25, 0.3) is 0 Å². The van der Waals surface area contributed by atoms with E-state index in [1.54, 1.807) is 13.1 Å². The number of carbonyl (C=O) groups is 1. The van der Waals surface area contributed by atoms with Crippen LogP contribution in [0.5, 0.6) is 11.5 Å². The molecular formula is C16H24F2N2O3. The van der Waals surface area contributed by atoms with Gasteiger partial charge in [0.1, 0.15) is 0 Å². The number of benzene rings is 1. The zero-order valence-electron chi connectivity index (χ0n) is 13.9. The van der Waals surface area contributed by atoms with E-state index in [9.17, 15) is 13.6 Å². The summed E-state index contributed by atoms with van der Waals surface area (Å²) in [6.45, 7) is 1.28. The molecule has 23 heavy (non-hydrogen) atoms. The fourth-order valence-electron chi connectivity index (χ4n) is 2.25. The van der Waals surface area contributed by atoms with Gasteiger partial charge in [-0.3, -0.25) is 4.79 Å². The predicted octanol–water partition coefficient (Wildman–Crippen LogP) is 2.63. The first-order valence-corrected chi connectivity index (χ1v) is 7.36. The molecule has 0 aliphatic heterocycles. The first-order valence-electron chi connectivity index (χ1n) is 7.36. The number of amides is 1. The van der Waals surface area contributed by atoms with Crippen molar-refractivity contribution < 1.29 is 23.0 Å². The largest absolute Gasteiger partial charge is 0.493 e. The maximum atomic E-state index is 12.4. The number of likely N-dealkylation sites (N-methyl/N-ethyl adjacent to an activating group) is 1. The first kappa shape index (κ1) is 19.2. The van der Waals surface area contributed by atoms with Crippen molar-refractivity contribution in [2.45, 2.75) is 39.5 Å². The summed E-state index contributed by atoms with van der Waals surface area (Å²) in [7, 11) is 2.99. The third-order valence-electron chi connectivity index (χ3n) is 3.28. The molecule has 0 aliphatic rings. The summed E-state index contributed by atoms with van der Waals surface area (Å²) < 4.78 is 34.3. The number of methoxy groups -OCH3 is 1. The highest BCUT2D eigenvalue weighted by Crippen LogP contribution is 2.29. The zero-order chi connectivity index (χ0) is 17.6. The van der Waals surface area contributed by atoms with Crippen LogP contribution >= 0.6 is 0 Å². The van der Waals surface area contributed by atoms with Gasteiger partial charge in [-0.25, -0.2) is 0 Å². The molecule has 130 valence electrons. The fourth-order valence-corrected chi connectivity index (χ4v) is 2.25. The quantitative estimate of drug-likeness (QED) is 0.796. The van der Waals surface area contributed by atoms with E-state index in [0.29, 0.717) is 17.9 Å². The molecule has 0 saturated carbocycles. The average molecular weight is 330 g/mol. The van der Waals surface area contributed by atoms with Gasteiger partial charge in [0, 0.05) is 13.6 Å². The summed E-state index contributed by atoms with van der Waals surface area (Å²) in [5.41, 5.74) is 6.53. The molecule has 0 bridgehead atoms. The standard InChI is InChI=1S/C16H24F2N2O3/c1-10(2)7-12(19)15(21)20(3)9-11-5-6-13(22-4)14(8-11)23-16(17)18/h5-6,8,10,12,16H,7,9,19H2,1-4H3/t12-/m0/s1. The van der Waals surface area contributed by atoms with Gasteiger partial charge in [0.25, 0.3) is 0 Å². The van der Waals surface area contributed by atoms with Gasteiger partial charge in [0.05, 0.1) is 13.2 Å². The van der Waals surface area contributed by atoms with Crippen LogP contribution in [0, 0.1) is 5.92 Å². The number of carbonyl (C=O) groups excluding carboxylic acids is 1. The van der Waals surface area contributed by atoms with Gasteiger partial charge in [-0.05, 0) is 30.0 Å². The van der Waals surface area contributed by atoms with Gasteiger partial charge in [0.2, 0.25) is 5.91 Å². The van der Waals surface area contributed by atoms with Crippen LogP contribution in [0.1, 0.15) is 25.8 Å². The van der Waals surface area contributed by atoms with Crippen molar-refractivity contribution in [3.63, 3.8) is 0 Å². The Morgan fingerprint density at radius 1 is 1.30 bits per heavy atom. The maximum absolute atomic E-state index is 12.4. The third-order valence-corrected chi connectivity index (χ3v) is 3.28. The van der Waals surface area contributed by atoms with Gasteiger partial charge in [-0.1, -0.05) is 19.9 Å². The van der Waals surface area contributed by atoms with Gasteiger partial charge in [-0.15, -0.1) is 0 Å². The molecule has 0 radical (unpaired) electrons. The number of halogens is 2. The van der Waals surface area contributed by atoms with Gasteiger partial charge in [-0.2, -0.15) is 8.78 Å². The molecule has 1 amide bonds. The lowest BCUT2D eigenvalue weighted by Crippen LogP contribution is -2.42. The van der Waals surface area contributed by atoms with Crippen LogP contribution in [0.15, 0.2) is 18.2 Å². The van der Waals surface area contributed by atoms with Gasteiger partial charge < -0.3 is 20.1 Å². The molecule has 0 aromatic heterocycles. The van der Waals surface area contributed by atoms with Crippen LogP contribution in [-0.2, 0) is 11.3 Å². The molecule has 1 rings (SSSR count). The van der Waals surface area contributed by atoms with E-state index in [4.69, 9.17) is 10.5 Å². The molecule has 1 aromatic rings. The van der Waals surface area contributed by atoms with Crippen molar-refractivity contribution in [3.05, 3.63) is 23.8 Å². The molecule has 5 nitrogen and oxygen atoms in total. The Balaban J connectivity index is 2.81. The normalized spacial score (nSPS) is 12.4. The number of nitrogens with two attached hydrogens (primary N) is 1. The topological polar surface area (TPSA) is 64.8 Å². The molecule has 7 heteroatoms. The minimum absolute atomic E-state index is 0.0627. The highest BCUT2D eigenvalue weighted by atomic mass is 19.3. The summed E-state index contributed by atoms with van der Waals surface area (Å²) in [4.78, 5) is 13.7. The van der Waals surface area contributed by atoms with Gasteiger partial charge in [0.15, 0.2) is 11.5 Å². The van der Waals surface area contributed by atoms with Crippen LogP contribution in [-0.4, -0.2) is 37.6 Å². The summed E-state index contributed by atoms with van der Waals surface area (Å²) >= 11 is 0. The maximum Gasteiger partial charge on any atom is 0.387 e. The SMILES string of the molecule is COc1ccc(CN(C)C(=O)[C@@H](N)CC(C)C)cc1OC(F)F. The smallest absolute Gasteiger partial charge is 0.387 e. The van der Waals surface area contributed by atoms with Crippen LogP contribution < -0.4 is 15.2 Å². The lowest BCUT2D eigenvalue weighted by Gasteiger charge is -2.23. The number of ether oxygens (including phenoxy) is 2. The summed E-state index contributed by atoms with van der Waals surface area (Å²) in [6.07, 6.45) is 0.589. The Hall–Kier alpha value is -1.89. The summed E-state index contributed by atoms with van der Waals surface area (Å²) in [6, 6.07) is 4.08. The summed E-state index contributed by atoms with van der Waals surface area (Å²) in [5, 5.41) is 0. The predicted molar refractivity (Wildman–Crippen MR) is 83.5 cm³/mol. The number of hydrogen-bond donors (Lipinski definition) is 1. The lowest BCUT2D eigenvalue weighted by molar-refractivity contribution is -0.132. The molecule has 1 aromatic carbocycles.